The van der Waals surface area contributed by atoms with Crippen molar-refractivity contribution in [1.82, 2.24) is 9.80 Å². The average molecular weight is 262 g/mol. The molecule has 106 valence electrons. The van der Waals surface area contributed by atoms with Crippen molar-refractivity contribution in [2.75, 3.05) is 32.7 Å². The van der Waals surface area contributed by atoms with Gasteiger partial charge in [0, 0.05) is 19.1 Å². The standard InChI is InChI=1S/C13H24F2N2O/c14-13(15)10-16-6-3-7-17(9-8-16)11-4-1-2-5-12(11)18/h11-13,18H,1-10H2. The lowest BCUT2D eigenvalue weighted by Gasteiger charge is -2.37. The van der Waals surface area contributed by atoms with Crippen molar-refractivity contribution in [3.63, 3.8) is 0 Å². The van der Waals surface area contributed by atoms with E-state index in [2.05, 4.69) is 4.90 Å². The lowest BCUT2D eigenvalue weighted by atomic mass is 9.91. The number of alkyl halides is 2. The Bertz CT molecular complexity index is 253. The third-order valence-corrected chi connectivity index (χ3v) is 4.18. The van der Waals surface area contributed by atoms with E-state index >= 15 is 0 Å². The summed E-state index contributed by atoms with van der Waals surface area (Å²) < 4.78 is 24.7. The Hall–Kier alpha value is -0.260. The van der Waals surface area contributed by atoms with Gasteiger partial charge in [-0.1, -0.05) is 12.8 Å². The molecule has 18 heavy (non-hydrogen) atoms. The van der Waals surface area contributed by atoms with Crippen LogP contribution in [-0.4, -0.2) is 66.2 Å². The van der Waals surface area contributed by atoms with Crippen molar-refractivity contribution in [3.05, 3.63) is 0 Å². The van der Waals surface area contributed by atoms with Gasteiger partial charge in [-0.15, -0.1) is 0 Å². The molecule has 0 amide bonds. The van der Waals surface area contributed by atoms with Crippen molar-refractivity contribution < 1.29 is 13.9 Å². The molecule has 2 atom stereocenters. The molecule has 0 spiro atoms. The van der Waals surface area contributed by atoms with Gasteiger partial charge in [-0.25, -0.2) is 8.78 Å². The second kappa shape index (κ2) is 6.78. The molecule has 2 unspecified atom stereocenters. The van der Waals surface area contributed by atoms with Crippen LogP contribution in [0.15, 0.2) is 0 Å². The highest BCUT2D eigenvalue weighted by atomic mass is 19.3. The van der Waals surface area contributed by atoms with Crippen molar-refractivity contribution in [3.8, 4) is 0 Å². The molecule has 0 bridgehead atoms. The molecule has 1 saturated carbocycles. The lowest BCUT2D eigenvalue weighted by molar-refractivity contribution is 0.0204. The Morgan fingerprint density at radius 2 is 1.78 bits per heavy atom. The summed E-state index contributed by atoms with van der Waals surface area (Å²) in [7, 11) is 0. The van der Waals surface area contributed by atoms with E-state index in [1.54, 1.807) is 0 Å². The van der Waals surface area contributed by atoms with Gasteiger partial charge in [-0.05, 0) is 32.4 Å². The van der Waals surface area contributed by atoms with Crippen LogP contribution in [0, 0.1) is 0 Å². The summed E-state index contributed by atoms with van der Waals surface area (Å²) in [6.07, 6.45) is 2.70. The summed E-state index contributed by atoms with van der Waals surface area (Å²) in [5.41, 5.74) is 0. The van der Waals surface area contributed by atoms with E-state index in [9.17, 15) is 13.9 Å². The number of hydrogen-bond donors (Lipinski definition) is 1. The van der Waals surface area contributed by atoms with Gasteiger partial charge in [0.15, 0.2) is 0 Å². The smallest absolute Gasteiger partial charge is 0.251 e. The number of halogens is 2. The molecule has 2 fully saturated rings. The monoisotopic (exact) mass is 262 g/mol. The van der Waals surface area contributed by atoms with Crippen molar-refractivity contribution in [1.29, 1.82) is 0 Å². The van der Waals surface area contributed by atoms with Crippen LogP contribution in [0.1, 0.15) is 32.1 Å². The van der Waals surface area contributed by atoms with E-state index in [1.807, 2.05) is 4.90 Å². The highest BCUT2D eigenvalue weighted by molar-refractivity contribution is 4.85. The Balaban J connectivity index is 1.84. The van der Waals surface area contributed by atoms with Crippen LogP contribution in [-0.2, 0) is 0 Å². The molecule has 1 aliphatic carbocycles. The third-order valence-electron chi connectivity index (χ3n) is 4.18. The van der Waals surface area contributed by atoms with Gasteiger partial charge >= 0.3 is 0 Å². The average Bonchev–Trinajstić information content (AvgIpc) is 2.55. The molecule has 2 rings (SSSR count). The molecule has 1 aliphatic heterocycles. The number of aliphatic hydroxyl groups excluding tert-OH is 1. The maximum absolute atomic E-state index is 12.4. The molecule has 0 aromatic heterocycles. The Morgan fingerprint density at radius 1 is 1.00 bits per heavy atom. The van der Waals surface area contributed by atoms with E-state index in [-0.39, 0.29) is 18.7 Å². The van der Waals surface area contributed by atoms with E-state index in [0.29, 0.717) is 6.54 Å². The quantitative estimate of drug-likeness (QED) is 0.836. The zero-order valence-corrected chi connectivity index (χ0v) is 10.9. The summed E-state index contributed by atoms with van der Waals surface area (Å²) in [6, 6.07) is 0.255. The minimum Gasteiger partial charge on any atom is -0.391 e. The first-order chi connectivity index (χ1) is 8.66. The van der Waals surface area contributed by atoms with Gasteiger partial charge in [-0.2, -0.15) is 0 Å². The first-order valence-electron chi connectivity index (χ1n) is 7.09. The van der Waals surface area contributed by atoms with E-state index in [0.717, 1.165) is 45.3 Å². The fraction of sp³-hybridized carbons (Fsp3) is 1.00. The molecule has 0 aromatic rings. The van der Waals surface area contributed by atoms with Gasteiger partial charge in [0.25, 0.3) is 6.43 Å². The minimum atomic E-state index is -2.24. The summed E-state index contributed by atoms with van der Waals surface area (Å²) in [4.78, 5) is 4.16. The van der Waals surface area contributed by atoms with Crippen LogP contribution in [0.2, 0.25) is 0 Å². The largest absolute Gasteiger partial charge is 0.391 e. The highest BCUT2D eigenvalue weighted by Crippen LogP contribution is 2.24. The molecule has 1 N–H and O–H groups in total. The fourth-order valence-corrected chi connectivity index (χ4v) is 3.22. The predicted molar refractivity (Wildman–Crippen MR) is 66.9 cm³/mol. The van der Waals surface area contributed by atoms with Crippen LogP contribution >= 0.6 is 0 Å². The van der Waals surface area contributed by atoms with Gasteiger partial charge in [-0.3, -0.25) is 9.80 Å². The van der Waals surface area contributed by atoms with Crippen LogP contribution in [0.4, 0.5) is 8.78 Å². The second-order valence-corrected chi connectivity index (χ2v) is 5.50. The van der Waals surface area contributed by atoms with Gasteiger partial charge < -0.3 is 5.11 Å². The molecule has 3 nitrogen and oxygen atoms in total. The number of rotatable bonds is 3. The topological polar surface area (TPSA) is 26.7 Å². The summed E-state index contributed by atoms with van der Waals surface area (Å²) in [5.74, 6) is 0. The highest BCUT2D eigenvalue weighted by Gasteiger charge is 2.30. The molecule has 0 radical (unpaired) electrons. The molecule has 5 heteroatoms. The maximum Gasteiger partial charge on any atom is 0.251 e. The fourth-order valence-electron chi connectivity index (χ4n) is 3.22. The lowest BCUT2D eigenvalue weighted by Crippen LogP contribution is -2.47. The normalized spacial score (nSPS) is 32.7. The van der Waals surface area contributed by atoms with Crippen molar-refractivity contribution >= 4 is 0 Å². The molecule has 1 saturated heterocycles. The Morgan fingerprint density at radius 3 is 2.50 bits per heavy atom. The van der Waals surface area contributed by atoms with Crippen LogP contribution in [0.25, 0.3) is 0 Å². The summed E-state index contributed by atoms with van der Waals surface area (Å²) >= 11 is 0. The molecular formula is C13H24F2N2O. The molecule has 1 heterocycles. The van der Waals surface area contributed by atoms with E-state index in [4.69, 9.17) is 0 Å². The van der Waals surface area contributed by atoms with Crippen LogP contribution < -0.4 is 0 Å². The summed E-state index contributed by atoms with van der Waals surface area (Å²) in [6.45, 7) is 3.09. The first-order valence-corrected chi connectivity index (χ1v) is 7.09. The molecule has 0 aromatic carbocycles. The van der Waals surface area contributed by atoms with Gasteiger partial charge in [0.1, 0.15) is 0 Å². The maximum atomic E-state index is 12.4. The van der Waals surface area contributed by atoms with Crippen molar-refractivity contribution in [2.24, 2.45) is 0 Å². The second-order valence-electron chi connectivity index (χ2n) is 5.50. The number of nitrogens with zero attached hydrogens (tertiary/aromatic N) is 2. The van der Waals surface area contributed by atoms with Crippen LogP contribution in [0.5, 0.6) is 0 Å². The SMILES string of the molecule is OC1CCCCC1N1CCCN(CC(F)F)CC1. The van der Waals surface area contributed by atoms with E-state index in [1.165, 1.54) is 6.42 Å². The number of aliphatic hydroxyl groups is 1. The Labute approximate surface area is 108 Å². The minimum absolute atomic E-state index is 0.110. The zero-order valence-electron chi connectivity index (χ0n) is 10.9. The summed E-state index contributed by atoms with van der Waals surface area (Å²) in [5, 5.41) is 10.0. The Kier molecular flexibility index (Phi) is 5.33. The zero-order chi connectivity index (χ0) is 13.0. The predicted octanol–water partition coefficient (Wildman–Crippen LogP) is 1.56. The van der Waals surface area contributed by atoms with Gasteiger partial charge in [0.05, 0.1) is 12.6 Å². The number of hydrogen-bond acceptors (Lipinski definition) is 3. The van der Waals surface area contributed by atoms with Crippen LogP contribution in [0.3, 0.4) is 0 Å². The molecular weight excluding hydrogens is 238 g/mol. The van der Waals surface area contributed by atoms with Crippen molar-refractivity contribution in [2.45, 2.75) is 50.7 Å². The molecule has 2 aliphatic rings. The third kappa shape index (κ3) is 3.87. The first kappa shape index (κ1) is 14.2. The van der Waals surface area contributed by atoms with E-state index < -0.39 is 6.43 Å². The van der Waals surface area contributed by atoms with Gasteiger partial charge in [0.2, 0.25) is 0 Å².